The smallest absolute Gasteiger partial charge is 0.416 e. The number of aliphatic carboxylic acids is 1. The van der Waals surface area contributed by atoms with Gasteiger partial charge in [0.05, 0.1) is 11.3 Å². The zero-order valence-electron chi connectivity index (χ0n) is 16.6. The minimum Gasteiger partial charge on any atom is -0.478 e. The first-order valence-electron chi connectivity index (χ1n) is 9.59. The van der Waals surface area contributed by atoms with Crippen molar-refractivity contribution in [2.24, 2.45) is 0 Å². The Morgan fingerprint density at radius 1 is 1.23 bits per heavy atom. The first kappa shape index (κ1) is 22.7. The van der Waals surface area contributed by atoms with Gasteiger partial charge in [-0.05, 0) is 42.8 Å². The lowest BCUT2D eigenvalue weighted by molar-refractivity contribution is -0.146. The van der Waals surface area contributed by atoms with E-state index < -0.39 is 23.8 Å². The Balaban J connectivity index is 1.97. The van der Waals surface area contributed by atoms with Crippen LogP contribution >= 0.6 is 11.6 Å². The van der Waals surface area contributed by atoms with Crippen molar-refractivity contribution in [1.82, 2.24) is 9.78 Å². The van der Waals surface area contributed by atoms with Crippen LogP contribution in [-0.4, -0.2) is 20.9 Å². The lowest BCUT2D eigenvalue weighted by Gasteiger charge is -2.19. The number of halogens is 4. The highest BCUT2D eigenvalue weighted by Crippen LogP contribution is 2.36. The van der Waals surface area contributed by atoms with Crippen LogP contribution in [0.5, 0.6) is 5.75 Å². The van der Waals surface area contributed by atoms with Crippen molar-refractivity contribution in [3.8, 4) is 17.0 Å². The van der Waals surface area contributed by atoms with Crippen molar-refractivity contribution < 1.29 is 27.8 Å². The van der Waals surface area contributed by atoms with Crippen molar-refractivity contribution in [2.45, 2.75) is 38.6 Å². The number of alkyl halides is 3. The molecule has 3 rings (SSSR count). The summed E-state index contributed by atoms with van der Waals surface area (Å²) in [4.78, 5) is 11.9. The van der Waals surface area contributed by atoms with Crippen molar-refractivity contribution >= 4 is 17.6 Å². The van der Waals surface area contributed by atoms with Crippen LogP contribution in [0.1, 0.15) is 37.0 Å². The number of hydrogen-bond donors (Lipinski definition) is 1. The predicted octanol–water partition coefficient (Wildman–Crippen LogP) is 6.23. The van der Waals surface area contributed by atoms with Gasteiger partial charge in [0, 0.05) is 28.9 Å². The van der Waals surface area contributed by atoms with E-state index in [0.717, 1.165) is 37.6 Å². The molecule has 1 heterocycles. The topological polar surface area (TPSA) is 64.3 Å². The van der Waals surface area contributed by atoms with E-state index in [1.54, 1.807) is 23.0 Å². The van der Waals surface area contributed by atoms with Crippen LogP contribution in [-0.2, 0) is 17.5 Å². The van der Waals surface area contributed by atoms with E-state index in [0.29, 0.717) is 16.3 Å². The summed E-state index contributed by atoms with van der Waals surface area (Å²) in [6, 6.07) is 10.4. The van der Waals surface area contributed by atoms with Gasteiger partial charge in [0.15, 0.2) is 0 Å². The van der Waals surface area contributed by atoms with E-state index in [1.165, 1.54) is 18.2 Å². The van der Waals surface area contributed by atoms with E-state index in [2.05, 4.69) is 12.0 Å². The summed E-state index contributed by atoms with van der Waals surface area (Å²) < 4.78 is 46.6. The van der Waals surface area contributed by atoms with E-state index in [-0.39, 0.29) is 11.3 Å². The molecular formula is C22H20ClF3N2O3. The molecule has 1 atom stereocenters. The molecule has 0 radical (unpaired) electrons. The van der Waals surface area contributed by atoms with Gasteiger partial charge in [0.25, 0.3) is 0 Å². The molecule has 0 aliphatic heterocycles. The quantitative estimate of drug-likeness (QED) is 0.440. The minimum absolute atomic E-state index is 0.128. The number of nitrogens with zero attached hydrogens (tertiary/aromatic N) is 2. The number of carboxylic acid groups (broad SMARTS) is 1. The number of hydrogen-bond acceptors (Lipinski definition) is 3. The average Bonchev–Trinajstić information content (AvgIpc) is 3.19. The third-order valence-corrected chi connectivity index (χ3v) is 4.82. The number of benzene rings is 2. The van der Waals surface area contributed by atoms with E-state index in [9.17, 15) is 23.1 Å². The third kappa shape index (κ3) is 5.58. The molecule has 0 bridgehead atoms. The van der Waals surface area contributed by atoms with Gasteiger partial charge in [-0.15, -0.1) is 0 Å². The van der Waals surface area contributed by atoms with Gasteiger partial charge >= 0.3 is 12.1 Å². The van der Waals surface area contributed by atoms with Crippen molar-refractivity contribution in [3.05, 3.63) is 70.9 Å². The number of carbonyl (C=O) groups is 1. The van der Waals surface area contributed by atoms with Gasteiger partial charge in [-0.1, -0.05) is 37.1 Å². The van der Waals surface area contributed by atoms with Crippen molar-refractivity contribution in [1.29, 1.82) is 0 Å². The second-order valence-electron chi connectivity index (χ2n) is 6.92. The molecule has 1 aromatic heterocycles. The Bertz CT molecular complexity index is 1070. The first-order valence-corrected chi connectivity index (χ1v) is 9.97. The molecule has 0 saturated carbocycles. The molecule has 0 saturated heterocycles. The zero-order valence-corrected chi connectivity index (χ0v) is 17.3. The van der Waals surface area contributed by atoms with Crippen LogP contribution in [0.15, 0.2) is 54.7 Å². The maximum Gasteiger partial charge on any atom is 0.416 e. The molecule has 0 aliphatic rings. The van der Waals surface area contributed by atoms with E-state index in [1.807, 2.05) is 0 Å². The summed E-state index contributed by atoms with van der Waals surface area (Å²) in [7, 11) is 0. The highest BCUT2D eigenvalue weighted by Gasteiger charge is 2.32. The van der Waals surface area contributed by atoms with Crippen LogP contribution in [0.2, 0.25) is 5.02 Å². The molecule has 164 valence electrons. The Kier molecular flexibility index (Phi) is 6.90. The van der Waals surface area contributed by atoms with Gasteiger partial charge in [-0.3, -0.25) is 4.68 Å². The maximum atomic E-state index is 13.1. The molecule has 9 heteroatoms. The molecular weight excluding hydrogens is 433 g/mol. The van der Waals surface area contributed by atoms with Crippen molar-refractivity contribution in [3.63, 3.8) is 0 Å². The molecule has 0 amide bonds. The molecule has 2 aromatic carbocycles. The summed E-state index contributed by atoms with van der Waals surface area (Å²) in [5.41, 5.74) is -0.120. The summed E-state index contributed by atoms with van der Waals surface area (Å²) in [5.74, 6) is -1.27. The predicted molar refractivity (Wildman–Crippen MR) is 110 cm³/mol. The fourth-order valence-corrected chi connectivity index (χ4v) is 3.19. The number of carboxylic acids is 1. The minimum atomic E-state index is -4.60. The number of aryl methyl sites for hydroxylation is 1. The molecule has 0 spiro atoms. The summed E-state index contributed by atoms with van der Waals surface area (Å²) >= 11 is 6.11. The average molecular weight is 453 g/mol. The molecule has 3 aromatic rings. The van der Waals surface area contributed by atoms with Crippen molar-refractivity contribution in [2.75, 3.05) is 0 Å². The largest absolute Gasteiger partial charge is 0.478 e. The summed E-state index contributed by atoms with van der Waals surface area (Å²) in [5, 5.41) is 14.5. The van der Waals surface area contributed by atoms with Crippen LogP contribution in [0.25, 0.3) is 11.3 Å². The monoisotopic (exact) mass is 452 g/mol. The van der Waals surface area contributed by atoms with Gasteiger partial charge in [-0.2, -0.15) is 18.3 Å². The standard InChI is InChI=1S/C22H20ClF3N2O3/c1-2-3-10-28-11-9-18(27-28)17-13-16(23)7-8-19(17)31-20(21(29)30)14-5-4-6-15(12-14)22(24,25)26/h4-9,11-13,20H,2-3,10H2,1H3,(H,29,30). The summed E-state index contributed by atoms with van der Waals surface area (Å²) in [6.07, 6.45) is -2.52. The second kappa shape index (κ2) is 9.43. The van der Waals surface area contributed by atoms with E-state index >= 15 is 0 Å². The number of unbranched alkanes of at least 4 members (excludes halogenated alkanes) is 1. The SMILES string of the molecule is CCCCn1ccc(-c2cc(Cl)ccc2OC(C(=O)O)c2cccc(C(F)(F)F)c2)n1. The molecule has 1 N–H and O–H groups in total. The lowest BCUT2D eigenvalue weighted by atomic mass is 10.0. The second-order valence-corrected chi connectivity index (χ2v) is 7.35. The maximum absolute atomic E-state index is 13.1. The van der Waals surface area contributed by atoms with Gasteiger partial charge in [-0.25, -0.2) is 4.79 Å². The summed E-state index contributed by atoms with van der Waals surface area (Å²) in [6.45, 7) is 2.78. The molecule has 5 nitrogen and oxygen atoms in total. The fraction of sp³-hybridized carbons (Fsp3) is 0.273. The third-order valence-electron chi connectivity index (χ3n) is 4.58. The molecule has 31 heavy (non-hydrogen) atoms. The molecule has 0 aliphatic carbocycles. The van der Waals surface area contributed by atoms with Gasteiger partial charge in [0.1, 0.15) is 5.75 Å². The van der Waals surface area contributed by atoms with Crippen LogP contribution in [0.4, 0.5) is 13.2 Å². The van der Waals surface area contributed by atoms with Crippen LogP contribution in [0, 0.1) is 0 Å². The Labute approximate surface area is 182 Å². The zero-order chi connectivity index (χ0) is 22.6. The molecule has 1 unspecified atom stereocenters. The highest BCUT2D eigenvalue weighted by molar-refractivity contribution is 6.31. The Morgan fingerprint density at radius 3 is 2.68 bits per heavy atom. The van der Waals surface area contributed by atoms with E-state index in [4.69, 9.17) is 16.3 Å². The normalized spacial score (nSPS) is 12.5. The molecule has 0 fully saturated rings. The van der Waals surface area contributed by atoms with Gasteiger partial charge < -0.3 is 9.84 Å². The van der Waals surface area contributed by atoms with Crippen LogP contribution in [0.3, 0.4) is 0 Å². The Morgan fingerprint density at radius 2 is 2.00 bits per heavy atom. The number of aromatic nitrogens is 2. The lowest BCUT2D eigenvalue weighted by Crippen LogP contribution is -2.19. The fourth-order valence-electron chi connectivity index (χ4n) is 3.02. The Hall–Kier alpha value is -3.00. The highest BCUT2D eigenvalue weighted by atomic mass is 35.5. The number of ether oxygens (including phenoxy) is 1. The van der Waals surface area contributed by atoms with Gasteiger partial charge in [0.2, 0.25) is 6.10 Å². The number of rotatable bonds is 8. The first-order chi connectivity index (χ1) is 14.7. The van der Waals surface area contributed by atoms with Crippen LogP contribution < -0.4 is 4.74 Å².